The fourth-order valence-corrected chi connectivity index (χ4v) is 2.81. The van der Waals surface area contributed by atoms with Crippen LogP contribution in [0.25, 0.3) is 0 Å². The standard InChI is InChI=1S/C13H15ClO4/c1-18-12-9(14)6-7-4-2-3-5-8(7)10(12)11(15)13(16)17/h6,11,15H,2-5H2,1H3,(H,16,17). The van der Waals surface area contributed by atoms with E-state index in [1.54, 1.807) is 0 Å². The minimum absolute atomic E-state index is 0.271. The van der Waals surface area contributed by atoms with Gasteiger partial charge in [-0.1, -0.05) is 11.6 Å². The van der Waals surface area contributed by atoms with Crippen molar-refractivity contribution in [1.29, 1.82) is 0 Å². The molecule has 1 atom stereocenters. The highest BCUT2D eigenvalue weighted by Crippen LogP contribution is 2.40. The molecule has 0 bridgehead atoms. The van der Waals surface area contributed by atoms with E-state index in [4.69, 9.17) is 21.4 Å². The van der Waals surface area contributed by atoms with E-state index in [0.717, 1.165) is 36.8 Å². The summed E-state index contributed by atoms with van der Waals surface area (Å²) in [5.74, 6) is -1.02. The fourth-order valence-electron chi connectivity index (χ4n) is 2.50. The van der Waals surface area contributed by atoms with Gasteiger partial charge in [0, 0.05) is 5.56 Å². The second kappa shape index (κ2) is 5.16. The number of aryl methyl sites for hydroxylation is 1. The number of halogens is 1. The van der Waals surface area contributed by atoms with E-state index in [0.29, 0.717) is 10.6 Å². The summed E-state index contributed by atoms with van der Waals surface area (Å²) in [5.41, 5.74) is 2.20. The van der Waals surface area contributed by atoms with E-state index >= 15 is 0 Å². The van der Waals surface area contributed by atoms with E-state index in [1.807, 2.05) is 6.07 Å². The molecule has 98 valence electrons. The Labute approximate surface area is 110 Å². The van der Waals surface area contributed by atoms with E-state index in [9.17, 15) is 9.90 Å². The van der Waals surface area contributed by atoms with Crippen LogP contribution in [0.4, 0.5) is 0 Å². The average Bonchev–Trinajstić information content (AvgIpc) is 2.36. The summed E-state index contributed by atoms with van der Waals surface area (Å²) in [4.78, 5) is 11.0. The zero-order valence-electron chi connectivity index (χ0n) is 10.1. The molecule has 0 aromatic heterocycles. The molecule has 0 saturated heterocycles. The summed E-state index contributed by atoms with van der Waals surface area (Å²) in [6.45, 7) is 0. The molecule has 0 aliphatic heterocycles. The SMILES string of the molecule is COc1c(Cl)cc2c(c1C(O)C(=O)O)CCCC2. The molecule has 0 amide bonds. The van der Waals surface area contributed by atoms with E-state index < -0.39 is 12.1 Å². The first-order chi connectivity index (χ1) is 8.56. The third-order valence-electron chi connectivity index (χ3n) is 3.31. The van der Waals surface area contributed by atoms with Crippen molar-refractivity contribution in [2.45, 2.75) is 31.8 Å². The molecule has 0 fully saturated rings. The zero-order valence-corrected chi connectivity index (χ0v) is 10.8. The molecule has 18 heavy (non-hydrogen) atoms. The summed E-state index contributed by atoms with van der Waals surface area (Å²) in [6.07, 6.45) is 2.06. The predicted octanol–water partition coefficient (Wildman–Crippen LogP) is 2.35. The minimum atomic E-state index is -1.59. The van der Waals surface area contributed by atoms with Crippen LogP contribution in [0.2, 0.25) is 5.02 Å². The molecule has 1 aromatic rings. The number of rotatable bonds is 3. The molecule has 0 saturated carbocycles. The smallest absolute Gasteiger partial charge is 0.337 e. The lowest BCUT2D eigenvalue weighted by atomic mass is 9.86. The molecule has 5 heteroatoms. The van der Waals surface area contributed by atoms with Gasteiger partial charge in [0.1, 0.15) is 5.75 Å². The van der Waals surface area contributed by atoms with Crippen molar-refractivity contribution in [2.24, 2.45) is 0 Å². The Kier molecular flexibility index (Phi) is 3.78. The predicted molar refractivity (Wildman–Crippen MR) is 67.2 cm³/mol. The maximum atomic E-state index is 11.0. The number of aliphatic hydroxyl groups excluding tert-OH is 1. The van der Waals surface area contributed by atoms with Gasteiger partial charge in [0.25, 0.3) is 0 Å². The summed E-state index contributed by atoms with van der Waals surface area (Å²) in [6, 6.07) is 1.81. The van der Waals surface area contributed by atoms with Gasteiger partial charge in [-0.25, -0.2) is 4.79 Å². The van der Waals surface area contributed by atoms with Crippen LogP contribution in [0, 0.1) is 0 Å². The van der Waals surface area contributed by atoms with Gasteiger partial charge in [-0.2, -0.15) is 0 Å². The third-order valence-corrected chi connectivity index (χ3v) is 3.59. The molecule has 1 unspecified atom stereocenters. The van der Waals surface area contributed by atoms with Crippen LogP contribution in [0.3, 0.4) is 0 Å². The Balaban J connectivity index is 2.65. The Morgan fingerprint density at radius 1 is 1.44 bits per heavy atom. The topological polar surface area (TPSA) is 66.8 Å². The lowest BCUT2D eigenvalue weighted by Gasteiger charge is -2.24. The number of fused-ring (bicyclic) bond motifs is 1. The first-order valence-electron chi connectivity index (χ1n) is 5.85. The van der Waals surface area contributed by atoms with Crippen LogP contribution < -0.4 is 4.74 Å². The van der Waals surface area contributed by atoms with Gasteiger partial charge in [-0.3, -0.25) is 0 Å². The zero-order chi connectivity index (χ0) is 13.3. The number of methoxy groups -OCH3 is 1. The lowest BCUT2D eigenvalue weighted by molar-refractivity contribution is -0.147. The van der Waals surface area contributed by atoms with E-state index in [2.05, 4.69) is 0 Å². The van der Waals surface area contributed by atoms with Gasteiger partial charge in [-0.05, 0) is 42.9 Å². The van der Waals surface area contributed by atoms with Crippen LogP contribution in [-0.4, -0.2) is 23.3 Å². The molecule has 0 heterocycles. The first-order valence-corrected chi connectivity index (χ1v) is 6.23. The van der Waals surface area contributed by atoms with Crippen LogP contribution in [0.5, 0.6) is 5.75 Å². The molecular weight excluding hydrogens is 256 g/mol. The Morgan fingerprint density at radius 2 is 2.11 bits per heavy atom. The largest absolute Gasteiger partial charge is 0.495 e. The molecule has 1 aliphatic carbocycles. The second-order valence-electron chi connectivity index (χ2n) is 4.39. The highest BCUT2D eigenvalue weighted by atomic mass is 35.5. The number of ether oxygens (including phenoxy) is 1. The van der Waals surface area contributed by atoms with Crippen molar-refractivity contribution < 1.29 is 19.7 Å². The molecule has 1 aliphatic rings. The number of carboxylic acids is 1. The molecule has 1 aromatic carbocycles. The van der Waals surface area contributed by atoms with E-state index in [1.165, 1.54) is 7.11 Å². The number of benzene rings is 1. The molecule has 4 nitrogen and oxygen atoms in total. The monoisotopic (exact) mass is 270 g/mol. The number of hydrogen-bond acceptors (Lipinski definition) is 3. The van der Waals surface area contributed by atoms with Crippen molar-refractivity contribution in [2.75, 3.05) is 7.11 Å². The van der Waals surface area contributed by atoms with Crippen molar-refractivity contribution in [1.82, 2.24) is 0 Å². The molecule has 0 spiro atoms. The highest BCUT2D eigenvalue weighted by Gasteiger charge is 2.28. The third kappa shape index (κ3) is 2.18. The summed E-state index contributed by atoms with van der Waals surface area (Å²) < 4.78 is 5.16. The summed E-state index contributed by atoms with van der Waals surface area (Å²) in [5, 5.41) is 19.2. The van der Waals surface area contributed by atoms with Crippen LogP contribution >= 0.6 is 11.6 Å². The average molecular weight is 271 g/mol. The second-order valence-corrected chi connectivity index (χ2v) is 4.80. The van der Waals surface area contributed by atoms with Crippen LogP contribution in [0.15, 0.2) is 6.07 Å². The normalized spacial score (nSPS) is 15.9. The molecule has 2 N–H and O–H groups in total. The van der Waals surface area contributed by atoms with Crippen molar-refractivity contribution in [3.05, 3.63) is 27.8 Å². The van der Waals surface area contributed by atoms with Gasteiger partial charge in [-0.15, -0.1) is 0 Å². The minimum Gasteiger partial charge on any atom is -0.495 e. The van der Waals surface area contributed by atoms with Crippen LogP contribution in [0.1, 0.15) is 35.6 Å². The van der Waals surface area contributed by atoms with Crippen molar-refractivity contribution >= 4 is 17.6 Å². The summed E-state index contributed by atoms with van der Waals surface area (Å²) in [7, 11) is 1.43. The lowest BCUT2D eigenvalue weighted by Crippen LogP contribution is -2.17. The highest BCUT2D eigenvalue weighted by molar-refractivity contribution is 6.32. The summed E-state index contributed by atoms with van der Waals surface area (Å²) >= 11 is 6.09. The van der Waals surface area contributed by atoms with Crippen LogP contribution in [-0.2, 0) is 17.6 Å². The number of aliphatic hydroxyl groups is 1. The Bertz CT molecular complexity index is 484. The molecular formula is C13H15ClO4. The first kappa shape index (κ1) is 13.2. The van der Waals surface area contributed by atoms with Crippen molar-refractivity contribution in [3.8, 4) is 5.75 Å². The van der Waals surface area contributed by atoms with Gasteiger partial charge in [0.05, 0.1) is 12.1 Å². The quantitative estimate of drug-likeness (QED) is 0.885. The molecule has 2 rings (SSSR count). The van der Waals surface area contributed by atoms with E-state index in [-0.39, 0.29) is 5.75 Å². The van der Waals surface area contributed by atoms with Crippen molar-refractivity contribution in [3.63, 3.8) is 0 Å². The Hall–Kier alpha value is -1.26. The maximum Gasteiger partial charge on any atom is 0.337 e. The van der Waals surface area contributed by atoms with Gasteiger partial charge < -0.3 is 14.9 Å². The number of aliphatic carboxylic acids is 1. The van der Waals surface area contributed by atoms with Gasteiger partial charge in [0.15, 0.2) is 6.10 Å². The number of hydrogen-bond donors (Lipinski definition) is 2. The maximum absolute atomic E-state index is 11.0. The van der Waals surface area contributed by atoms with Gasteiger partial charge in [0.2, 0.25) is 0 Å². The molecule has 0 radical (unpaired) electrons. The van der Waals surface area contributed by atoms with Gasteiger partial charge >= 0.3 is 5.97 Å². The number of carboxylic acid groups (broad SMARTS) is 1. The number of carbonyl (C=O) groups is 1. The fraction of sp³-hybridized carbons (Fsp3) is 0.462. The Morgan fingerprint density at radius 3 is 2.72 bits per heavy atom.